The van der Waals surface area contributed by atoms with Gasteiger partial charge in [0.2, 0.25) is 0 Å². The Morgan fingerprint density at radius 1 is 1.39 bits per heavy atom. The van der Waals surface area contributed by atoms with Crippen LogP contribution < -0.4 is 5.32 Å². The number of aromatic nitrogens is 2. The van der Waals surface area contributed by atoms with Crippen LogP contribution in [0.25, 0.3) is 0 Å². The second kappa shape index (κ2) is 6.26. The van der Waals surface area contributed by atoms with Crippen LogP contribution in [0.1, 0.15) is 26.4 Å². The number of nitrogens with zero attached hydrogens (tertiary/aromatic N) is 3. The van der Waals surface area contributed by atoms with Crippen molar-refractivity contribution in [3.63, 3.8) is 0 Å². The predicted octanol–water partition coefficient (Wildman–Crippen LogP) is 1.68. The minimum atomic E-state index is -0.698. The van der Waals surface area contributed by atoms with Gasteiger partial charge in [0, 0.05) is 30.4 Å². The summed E-state index contributed by atoms with van der Waals surface area (Å²) in [5.74, 6) is -1.28. The minimum Gasteiger partial charge on any atom is -0.464 e. The number of ether oxygens (including phenoxy) is 1. The van der Waals surface area contributed by atoms with Gasteiger partial charge in [-0.05, 0) is 13.0 Å². The Labute approximate surface area is 131 Å². The van der Waals surface area contributed by atoms with Gasteiger partial charge in [-0.1, -0.05) is 6.07 Å². The van der Waals surface area contributed by atoms with Crippen LogP contribution in [0.5, 0.6) is 0 Å². The summed E-state index contributed by atoms with van der Waals surface area (Å²) in [6.45, 7) is 1.48. The molecule has 2 aromatic rings. The van der Waals surface area contributed by atoms with E-state index >= 15 is 0 Å². The van der Waals surface area contributed by atoms with Crippen molar-refractivity contribution in [3.8, 4) is 0 Å². The molecule has 0 unspecified atom stereocenters. The molecule has 0 aliphatic heterocycles. The number of nitro benzene ring substituents is 1. The molecule has 0 aliphatic rings. The largest absolute Gasteiger partial charge is 0.464 e. The maximum absolute atomic E-state index is 12.4. The zero-order valence-electron chi connectivity index (χ0n) is 12.7. The van der Waals surface area contributed by atoms with Crippen LogP contribution in [-0.2, 0) is 11.8 Å². The number of aryl methyl sites for hydroxylation is 1. The zero-order valence-corrected chi connectivity index (χ0v) is 12.7. The average molecular weight is 318 g/mol. The maximum atomic E-state index is 12.4. The summed E-state index contributed by atoms with van der Waals surface area (Å²) < 4.78 is 5.95. The molecule has 1 aromatic carbocycles. The Morgan fingerprint density at radius 3 is 2.70 bits per heavy atom. The van der Waals surface area contributed by atoms with Gasteiger partial charge in [0.15, 0.2) is 5.69 Å². The van der Waals surface area contributed by atoms with E-state index in [-0.39, 0.29) is 28.2 Å². The summed E-state index contributed by atoms with van der Waals surface area (Å²) in [6.07, 6.45) is 1.44. The summed E-state index contributed by atoms with van der Waals surface area (Å²) >= 11 is 0. The highest BCUT2D eigenvalue weighted by molar-refractivity contribution is 6.08. The monoisotopic (exact) mass is 318 g/mol. The van der Waals surface area contributed by atoms with Crippen molar-refractivity contribution < 1.29 is 19.2 Å². The van der Waals surface area contributed by atoms with Gasteiger partial charge in [0.1, 0.15) is 0 Å². The second-order valence-corrected chi connectivity index (χ2v) is 4.72. The number of carbonyl (C=O) groups is 2. The average Bonchev–Trinajstić information content (AvgIpc) is 2.86. The lowest BCUT2D eigenvalue weighted by molar-refractivity contribution is -0.385. The highest BCUT2D eigenvalue weighted by Gasteiger charge is 2.22. The molecule has 0 radical (unpaired) electrons. The van der Waals surface area contributed by atoms with Crippen LogP contribution in [0.2, 0.25) is 0 Å². The Balaban J connectivity index is 2.36. The summed E-state index contributed by atoms with van der Waals surface area (Å²) in [5, 5.41) is 17.4. The molecule has 2 rings (SSSR count). The van der Waals surface area contributed by atoms with Gasteiger partial charge < -0.3 is 10.1 Å². The van der Waals surface area contributed by atoms with Crippen LogP contribution >= 0.6 is 0 Å². The number of benzene rings is 1. The molecule has 0 saturated carbocycles. The summed E-state index contributed by atoms with van der Waals surface area (Å²) in [5.41, 5.74) is 0.330. The maximum Gasteiger partial charge on any atom is 0.360 e. The third-order valence-electron chi connectivity index (χ3n) is 3.20. The number of esters is 1. The third-order valence-corrected chi connectivity index (χ3v) is 3.20. The lowest BCUT2D eigenvalue weighted by atomic mass is 10.1. The molecule has 0 atom stereocenters. The first-order chi connectivity index (χ1) is 10.8. The molecule has 0 spiro atoms. The Morgan fingerprint density at radius 2 is 2.09 bits per heavy atom. The first-order valence-electron chi connectivity index (χ1n) is 6.52. The van der Waals surface area contributed by atoms with Gasteiger partial charge in [0.25, 0.3) is 11.6 Å². The first kappa shape index (κ1) is 16.1. The quantitative estimate of drug-likeness (QED) is 0.521. The van der Waals surface area contributed by atoms with Crippen molar-refractivity contribution in [2.75, 3.05) is 12.4 Å². The van der Waals surface area contributed by atoms with E-state index in [9.17, 15) is 19.7 Å². The molecule has 1 N–H and O–H groups in total. The number of hydrogen-bond acceptors (Lipinski definition) is 6. The smallest absolute Gasteiger partial charge is 0.360 e. The molecule has 1 heterocycles. The lowest BCUT2D eigenvalue weighted by Crippen LogP contribution is -2.16. The Hall–Kier alpha value is -3.23. The van der Waals surface area contributed by atoms with E-state index in [0.29, 0.717) is 0 Å². The molecule has 120 valence electrons. The number of nitrogens with one attached hydrogen (secondary N) is 1. The summed E-state index contributed by atoms with van der Waals surface area (Å²) in [7, 11) is 2.79. The predicted molar refractivity (Wildman–Crippen MR) is 80.3 cm³/mol. The fourth-order valence-electron chi connectivity index (χ4n) is 2.08. The number of rotatable bonds is 4. The molecular formula is C14H14N4O5. The molecule has 9 heteroatoms. The molecule has 9 nitrogen and oxygen atoms in total. The van der Waals surface area contributed by atoms with Crippen molar-refractivity contribution >= 4 is 23.3 Å². The van der Waals surface area contributed by atoms with E-state index in [4.69, 9.17) is 0 Å². The molecular weight excluding hydrogens is 304 g/mol. The van der Waals surface area contributed by atoms with Crippen molar-refractivity contribution in [2.24, 2.45) is 7.05 Å². The van der Waals surface area contributed by atoms with Gasteiger partial charge in [0.05, 0.1) is 17.7 Å². The molecule has 0 saturated heterocycles. The number of carbonyl (C=O) groups excluding carboxylic acids is 2. The molecule has 23 heavy (non-hydrogen) atoms. The highest BCUT2D eigenvalue weighted by Crippen LogP contribution is 2.23. The van der Waals surface area contributed by atoms with E-state index in [0.717, 1.165) is 0 Å². The standard InChI is InChI=1S/C14H14N4O5/c1-8-9(5-4-6-11(8)18(21)22)13(19)15-10-7-17(2)16-12(10)14(20)23-3/h4-7H,1-3H3,(H,15,19). The van der Waals surface area contributed by atoms with Gasteiger partial charge in [-0.2, -0.15) is 5.10 Å². The van der Waals surface area contributed by atoms with Gasteiger partial charge in [-0.3, -0.25) is 19.6 Å². The van der Waals surface area contributed by atoms with Crippen molar-refractivity contribution in [1.82, 2.24) is 9.78 Å². The Kier molecular flexibility index (Phi) is 4.39. The van der Waals surface area contributed by atoms with Crippen LogP contribution in [0.4, 0.5) is 11.4 Å². The molecule has 1 amide bonds. The highest BCUT2D eigenvalue weighted by atomic mass is 16.6. The molecule has 1 aromatic heterocycles. The second-order valence-electron chi connectivity index (χ2n) is 4.72. The number of amides is 1. The minimum absolute atomic E-state index is 0.0496. The van der Waals surface area contributed by atoms with E-state index in [1.54, 1.807) is 7.05 Å². The van der Waals surface area contributed by atoms with Crippen molar-refractivity contribution in [1.29, 1.82) is 0 Å². The number of hydrogen-bond donors (Lipinski definition) is 1. The third kappa shape index (κ3) is 3.18. The van der Waals surface area contributed by atoms with Gasteiger partial charge in [-0.15, -0.1) is 0 Å². The molecule has 0 aliphatic carbocycles. The van der Waals surface area contributed by atoms with Gasteiger partial charge >= 0.3 is 5.97 Å². The van der Waals surface area contributed by atoms with Crippen LogP contribution in [0.3, 0.4) is 0 Å². The van der Waals surface area contributed by atoms with Gasteiger partial charge in [-0.25, -0.2) is 4.79 Å². The molecule has 0 bridgehead atoms. The van der Waals surface area contributed by atoms with Crippen LogP contribution in [-0.4, -0.2) is 33.7 Å². The summed E-state index contributed by atoms with van der Waals surface area (Å²) in [4.78, 5) is 34.4. The summed E-state index contributed by atoms with van der Waals surface area (Å²) in [6, 6.07) is 4.20. The fourth-order valence-corrected chi connectivity index (χ4v) is 2.08. The van der Waals surface area contributed by atoms with Crippen molar-refractivity contribution in [2.45, 2.75) is 6.92 Å². The topological polar surface area (TPSA) is 116 Å². The lowest BCUT2D eigenvalue weighted by Gasteiger charge is -2.07. The van der Waals surface area contributed by atoms with Crippen LogP contribution in [0, 0.1) is 17.0 Å². The fraction of sp³-hybridized carbons (Fsp3) is 0.214. The number of nitro groups is 1. The number of anilines is 1. The first-order valence-corrected chi connectivity index (χ1v) is 6.52. The van der Waals surface area contributed by atoms with E-state index < -0.39 is 16.8 Å². The number of methoxy groups -OCH3 is 1. The van der Waals surface area contributed by atoms with E-state index in [1.807, 2.05) is 0 Å². The molecule has 0 fully saturated rings. The van der Waals surface area contributed by atoms with E-state index in [2.05, 4.69) is 15.2 Å². The Bertz CT molecular complexity index is 796. The normalized spacial score (nSPS) is 10.2. The zero-order chi connectivity index (χ0) is 17.1. The SMILES string of the molecule is COC(=O)c1nn(C)cc1NC(=O)c1cccc([N+](=O)[O-])c1C. The van der Waals surface area contributed by atoms with E-state index in [1.165, 1.54) is 43.1 Å². The van der Waals surface area contributed by atoms with Crippen molar-refractivity contribution in [3.05, 3.63) is 51.3 Å². The van der Waals surface area contributed by atoms with Crippen LogP contribution in [0.15, 0.2) is 24.4 Å².